The normalized spacial score (nSPS) is 10.2. The van der Waals surface area contributed by atoms with Gasteiger partial charge < -0.3 is 14.9 Å². The summed E-state index contributed by atoms with van der Waals surface area (Å²) in [6.45, 7) is 2.43. The second kappa shape index (κ2) is 4.78. The second-order valence-electron chi connectivity index (χ2n) is 3.63. The lowest BCUT2D eigenvalue weighted by Gasteiger charge is -2.09. The molecule has 0 atom stereocenters. The van der Waals surface area contributed by atoms with Crippen molar-refractivity contribution in [3.63, 3.8) is 0 Å². The van der Waals surface area contributed by atoms with E-state index in [0.29, 0.717) is 23.5 Å². The molecule has 2 aromatic carbocycles. The number of rotatable bonds is 3. The molecule has 2 N–H and O–H groups in total. The van der Waals surface area contributed by atoms with Gasteiger partial charge in [-0.25, -0.2) is 0 Å². The second-order valence-corrected chi connectivity index (χ2v) is 3.63. The highest BCUT2D eigenvalue weighted by molar-refractivity contribution is 5.75. The Bertz CT molecular complexity index is 521. The third-order valence-corrected chi connectivity index (χ3v) is 2.47. The molecule has 0 heterocycles. The molecule has 0 radical (unpaired) electrons. The summed E-state index contributed by atoms with van der Waals surface area (Å²) in [7, 11) is 0. The van der Waals surface area contributed by atoms with E-state index in [1.165, 1.54) is 0 Å². The maximum atomic E-state index is 9.90. The first-order chi connectivity index (χ1) is 8.22. The van der Waals surface area contributed by atoms with Crippen molar-refractivity contribution in [1.82, 2.24) is 0 Å². The first-order valence-corrected chi connectivity index (χ1v) is 5.46. The van der Waals surface area contributed by atoms with Crippen LogP contribution in [-0.4, -0.2) is 16.8 Å². The van der Waals surface area contributed by atoms with Crippen LogP contribution in [0.1, 0.15) is 6.92 Å². The van der Waals surface area contributed by atoms with Crippen LogP contribution in [-0.2, 0) is 0 Å². The molecule has 0 aliphatic heterocycles. The van der Waals surface area contributed by atoms with Crippen LogP contribution in [0, 0.1) is 0 Å². The van der Waals surface area contributed by atoms with E-state index in [4.69, 9.17) is 4.74 Å². The van der Waals surface area contributed by atoms with Crippen molar-refractivity contribution in [2.75, 3.05) is 6.61 Å². The Labute approximate surface area is 99.9 Å². The zero-order chi connectivity index (χ0) is 12.3. The Hall–Kier alpha value is -2.16. The molecule has 17 heavy (non-hydrogen) atoms. The van der Waals surface area contributed by atoms with Crippen LogP contribution < -0.4 is 4.74 Å². The number of hydrogen-bond acceptors (Lipinski definition) is 3. The van der Waals surface area contributed by atoms with Crippen molar-refractivity contribution in [2.45, 2.75) is 6.92 Å². The highest BCUT2D eigenvalue weighted by Gasteiger charge is 2.09. The number of phenolic OH excluding ortho intramolecular Hbond substituents is 2. The Morgan fingerprint density at radius 1 is 0.941 bits per heavy atom. The smallest absolute Gasteiger partial charge is 0.127 e. The number of ether oxygens (including phenoxy) is 1. The molecule has 0 spiro atoms. The van der Waals surface area contributed by atoms with E-state index in [2.05, 4.69) is 0 Å². The van der Waals surface area contributed by atoms with E-state index >= 15 is 0 Å². The van der Waals surface area contributed by atoms with Crippen LogP contribution in [0.5, 0.6) is 17.2 Å². The molecule has 0 unspecified atom stereocenters. The van der Waals surface area contributed by atoms with E-state index in [-0.39, 0.29) is 11.5 Å². The monoisotopic (exact) mass is 230 g/mol. The quantitative estimate of drug-likeness (QED) is 0.851. The molecule has 3 nitrogen and oxygen atoms in total. The van der Waals surface area contributed by atoms with Crippen molar-refractivity contribution in [3.05, 3.63) is 42.5 Å². The molecule has 0 amide bonds. The molecule has 0 saturated heterocycles. The summed E-state index contributed by atoms with van der Waals surface area (Å²) in [5, 5.41) is 19.6. The largest absolute Gasteiger partial charge is 0.507 e. The standard InChI is InChI=1S/C14H14O3/c1-2-17-10-7-8-12(14(16)9-10)11-5-3-4-6-13(11)15/h3-9,15-16H,2H2,1H3. The molecule has 0 aliphatic carbocycles. The van der Waals surface area contributed by atoms with Gasteiger partial charge in [0.1, 0.15) is 17.2 Å². The van der Waals surface area contributed by atoms with Gasteiger partial charge >= 0.3 is 0 Å². The number of para-hydroxylation sites is 1. The van der Waals surface area contributed by atoms with Crippen LogP contribution in [0.3, 0.4) is 0 Å². The SMILES string of the molecule is CCOc1ccc(-c2ccccc2O)c(O)c1. The molecule has 0 aliphatic rings. The van der Waals surface area contributed by atoms with Gasteiger partial charge in [-0.3, -0.25) is 0 Å². The first kappa shape index (κ1) is 11.3. The minimum Gasteiger partial charge on any atom is -0.507 e. The number of benzene rings is 2. The lowest BCUT2D eigenvalue weighted by molar-refractivity contribution is 0.338. The molecule has 0 fully saturated rings. The van der Waals surface area contributed by atoms with E-state index < -0.39 is 0 Å². The third-order valence-electron chi connectivity index (χ3n) is 2.47. The third kappa shape index (κ3) is 2.33. The van der Waals surface area contributed by atoms with E-state index in [9.17, 15) is 10.2 Å². The van der Waals surface area contributed by atoms with Gasteiger partial charge in [0, 0.05) is 17.2 Å². The lowest BCUT2D eigenvalue weighted by atomic mass is 10.0. The Morgan fingerprint density at radius 3 is 2.29 bits per heavy atom. The highest BCUT2D eigenvalue weighted by Crippen LogP contribution is 2.36. The van der Waals surface area contributed by atoms with Gasteiger partial charge in [0.15, 0.2) is 0 Å². The van der Waals surface area contributed by atoms with E-state index in [1.807, 2.05) is 13.0 Å². The molecular formula is C14H14O3. The molecule has 88 valence electrons. The summed E-state index contributed by atoms with van der Waals surface area (Å²) in [6.07, 6.45) is 0. The number of phenols is 2. The maximum absolute atomic E-state index is 9.90. The molecule has 0 saturated carbocycles. The number of aromatic hydroxyl groups is 2. The summed E-state index contributed by atoms with van der Waals surface area (Å²) in [5.74, 6) is 0.855. The summed E-state index contributed by atoms with van der Waals surface area (Å²) in [6, 6.07) is 11.9. The van der Waals surface area contributed by atoms with E-state index in [0.717, 1.165) is 0 Å². The van der Waals surface area contributed by atoms with Crippen LogP contribution >= 0.6 is 0 Å². The van der Waals surface area contributed by atoms with Crippen LogP contribution in [0.4, 0.5) is 0 Å². The highest BCUT2D eigenvalue weighted by atomic mass is 16.5. The molecule has 2 aromatic rings. The fourth-order valence-corrected chi connectivity index (χ4v) is 1.70. The molecule has 0 aromatic heterocycles. The fraction of sp³-hybridized carbons (Fsp3) is 0.143. The topological polar surface area (TPSA) is 49.7 Å². The zero-order valence-corrected chi connectivity index (χ0v) is 9.55. The molecule has 2 rings (SSSR count). The van der Waals surface area contributed by atoms with Gasteiger partial charge in [0.05, 0.1) is 6.61 Å². The van der Waals surface area contributed by atoms with Gasteiger partial charge in [-0.2, -0.15) is 0 Å². The van der Waals surface area contributed by atoms with Crippen LogP contribution in [0.2, 0.25) is 0 Å². The van der Waals surface area contributed by atoms with Gasteiger partial charge in [0.25, 0.3) is 0 Å². The van der Waals surface area contributed by atoms with Crippen LogP contribution in [0.15, 0.2) is 42.5 Å². The van der Waals surface area contributed by atoms with Gasteiger partial charge in [-0.05, 0) is 25.1 Å². The van der Waals surface area contributed by atoms with Gasteiger partial charge in [-0.15, -0.1) is 0 Å². The average Bonchev–Trinajstić information content (AvgIpc) is 2.31. The minimum atomic E-state index is 0.0949. The summed E-state index contributed by atoms with van der Waals surface area (Å²) in [4.78, 5) is 0. The molecule has 0 bridgehead atoms. The van der Waals surface area contributed by atoms with E-state index in [1.54, 1.807) is 36.4 Å². The molecule has 3 heteroatoms. The predicted octanol–water partition coefficient (Wildman–Crippen LogP) is 3.16. The van der Waals surface area contributed by atoms with Crippen molar-refractivity contribution < 1.29 is 14.9 Å². The van der Waals surface area contributed by atoms with Gasteiger partial charge in [0.2, 0.25) is 0 Å². The Kier molecular flexibility index (Phi) is 3.19. The fourth-order valence-electron chi connectivity index (χ4n) is 1.70. The Morgan fingerprint density at radius 2 is 1.65 bits per heavy atom. The van der Waals surface area contributed by atoms with Crippen molar-refractivity contribution in [2.24, 2.45) is 0 Å². The zero-order valence-electron chi connectivity index (χ0n) is 9.55. The molecular weight excluding hydrogens is 216 g/mol. The van der Waals surface area contributed by atoms with Crippen LogP contribution in [0.25, 0.3) is 11.1 Å². The maximum Gasteiger partial charge on any atom is 0.127 e. The lowest BCUT2D eigenvalue weighted by Crippen LogP contribution is -1.91. The summed E-state index contributed by atoms with van der Waals surface area (Å²) >= 11 is 0. The summed E-state index contributed by atoms with van der Waals surface area (Å²) in [5.41, 5.74) is 1.19. The van der Waals surface area contributed by atoms with Crippen molar-refractivity contribution >= 4 is 0 Å². The summed E-state index contributed by atoms with van der Waals surface area (Å²) < 4.78 is 5.29. The minimum absolute atomic E-state index is 0.0949. The van der Waals surface area contributed by atoms with Crippen molar-refractivity contribution in [3.8, 4) is 28.4 Å². The van der Waals surface area contributed by atoms with Crippen molar-refractivity contribution in [1.29, 1.82) is 0 Å². The Balaban J connectivity index is 2.44. The first-order valence-electron chi connectivity index (χ1n) is 5.46. The number of hydrogen-bond donors (Lipinski definition) is 2. The van der Waals surface area contributed by atoms with Gasteiger partial charge in [-0.1, -0.05) is 18.2 Å². The predicted molar refractivity (Wildman–Crippen MR) is 66.4 cm³/mol. The average molecular weight is 230 g/mol.